The average Bonchev–Trinajstić information content (AvgIpc) is 2.80. The number of hydrogen-bond donors (Lipinski definition) is 1. The maximum atomic E-state index is 6.41. The molecule has 0 spiro atoms. The van der Waals surface area contributed by atoms with Gasteiger partial charge in [0, 0.05) is 10.9 Å². The monoisotopic (exact) mass is 246 g/mol. The van der Waals surface area contributed by atoms with Gasteiger partial charge in [-0.25, -0.2) is 0 Å². The molecule has 3 heteroatoms. The first-order chi connectivity index (χ1) is 8.49. The van der Waals surface area contributed by atoms with Crippen molar-refractivity contribution in [1.82, 2.24) is 4.90 Å². The Hall–Kier alpha value is -1.32. The first kappa shape index (κ1) is 13.1. The van der Waals surface area contributed by atoms with E-state index in [1.807, 2.05) is 24.3 Å². The fourth-order valence-corrected chi connectivity index (χ4v) is 2.28. The number of hydrogen-bond acceptors (Lipinski definition) is 3. The Morgan fingerprint density at radius 2 is 2.00 bits per heavy atom. The SMILES string of the molecule is CCC(C)(C(N)c1cc2ccccc2o1)N(C)C. The highest BCUT2D eigenvalue weighted by atomic mass is 16.3. The van der Waals surface area contributed by atoms with Crippen LogP contribution in [0.1, 0.15) is 32.1 Å². The molecule has 2 atom stereocenters. The van der Waals surface area contributed by atoms with Gasteiger partial charge in [-0.05, 0) is 39.6 Å². The van der Waals surface area contributed by atoms with Crippen LogP contribution in [0.5, 0.6) is 0 Å². The minimum absolute atomic E-state index is 0.103. The highest BCUT2D eigenvalue weighted by Crippen LogP contribution is 2.33. The second-order valence-corrected chi connectivity index (χ2v) is 5.27. The Morgan fingerprint density at radius 3 is 2.56 bits per heavy atom. The molecule has 0 saturated heterocycles. The van der Waals surface area contributed by atoms with Crippen LogP contribution in [0.2, 0.25) is 0 Å². The fraction of sp³-hybridized carbons (Fsp3) is 0.467. The van der Waals surface area contributed by atoms with Crippen molar-refractivity contribution in [2.24, 2.45) is 5.73 Å². The molecule has 1 heterocycles. The minimum Gasteiger partial charge on any atom is -0.459 e. The normalized spacial score (nSPS) is 17.0. The van der Waals surface area contributed by atoms with E-state index in [9.17, 15) is 0 Å². The van der Waals surface area contributed by atoms with E-state index in [1.54, 1.807) is 0 Å². The second kappa shape index (κ2) is 4.75. The van der Waals surface area contributed by atoms with Crippen LogP contribution >= 0.6 is 0 Å². The van der Waals surface area contributed by atoms with Gasteiger partial charge < -0.3 is 15.1 Å². The van der Waals surface area contributed by atoms with Crippen molar-refractivity contribution in [3.8, 4) is 0 Å². The Kier molecular flexibility index (Phi) is 3.46. The molecular weight excluding hydrogens is 224 g/mol. The maximum Gasteiger partial charge on any atom is 0.134 e. The highest BCUT2D eigenvalue weighted by Gasteiger charge is 2.35. The van der Waals surface area contributed by atoms with Crippen LogP contribution < -0.4 is 5.73 Å². The van der Waals surface area contributed by atoms with Gasteiger partial charge in [-0.15, -0.1) is 0 Å². The number of nitrogens with two attached hydrogens (primary N) is 1. The van der Waals surface area contributed by atoms with Gasteiger partial charge >= 0.3 is 0 Å². The maximum absolute atomic E-state index is 6.41. The van der Waals surface area contributed by atoms with E-state index in [2.05, 4.69) is 38.9 Å². The van der Waals surface area contributed by atoms with Gasteiger partial charge in [0.15, 0.2) is 0 Å². The molecule has 0 saturated carbocycles. The zero-order chi connectivity index (χ0) is 13.3. The third-order valence-electron chi connectivity index (χ3n) is 4.16. The summed E-state index contributed by atoms with van der Waals surface area (Å²) in [7, 11) is 4.12. The van der Waals surface area contributed by atoms with Crippen LogP contribution in [0.4, 0.5) is 0 Å². The molecule has 0 aliphatic carbocycles. The summed E-state index contributed by atoms with van der Waals surface area (Å²) >= 11 is 0. The van der Waals surface area contributed by atoms with Gasteiger partial charge in [0.2, 0.25) is 0 Å². The predicted molar refractivity (Wildman–Crippen MR) is 75.5 cm³/mol. The molecule has 0 aliphatic heterocycles. The molecule has 3 nitrogen and oxygen atoms in total. The Morgan fingerprint density at radius 1 is 1.33 bits per heavy atom. The van der Waals surface area contributed by atoms with Crippen molar-refractivity contribution in [1.29, 1.82) is 0 Å². The Bertz CT molecular complexity index is 499. The lowest BCUT2D eigenvalue weighted by Gasteiger charge is -2.39. The van der Waals surface area contributed by atoms with Crippen molar-refractivity contribution in [2.45, 2.75) is 31.8 Å². The van der Waals surface area contributed by atoms with Gasteiger partial charge in [-0.1, -0.05) is 25.1 Å². The van der Waals surface area contributed by atoms with Crippen molar-refractivity contribution < 1.29 is 4.42 Å². The van der Waals surface area contributed by atoms with Crippen molar-refractivity contribution in [2.75, 3.05) is 14.1 Å². The number of rotatable bonds is 4. The summed E-state index contributed by atoms with van der Waals surface area (Å²) in [4.78, 5) is 2.17. The average molecular weight is 246 g/mol. The zero-order valence-electron chi connectivity index (χ0n) is 11.6. The number of para-hydroxylation sites is 1. The Labute approximate surface area is 109 Å². The fourth-order valence-electron chi connectivity index (χ4n) is 2.28. The number of likely N-dealkylation sites (N-methyl/N-ethyl adjacent to an activating group) is 1. The summed E-state index contributed by atoms with van der Waals surface area (Å²) in [6.07, 6.45) is 0.970. The lowest BCUT2D eigenvalue weighted by atomic mass is 9.87. The molecule has 98 valence electrons. The molecule has 2 N–H and O–H groups in total. The highest BCUT2D eigenvalue weighted by molar-refractivity contribution is 5.77. The minimum atomic E-state index is -0.134. The molecule has 0 radical (unpaired) electrons. The van der Waals surface area contributed by atoms with Crippen molar-refractivity contribution in [3.63, 3.8) is 0 Å². The third-order valence-corrected chi connectivity index (χ3v) is 4.16. The molecule has 18 heavy (non-hydrogen) atoms. The largest absolute Gasteiger partial charge is 0.459 e. The molecule has 1 aromatic carbocycles. The second-order valence-electron chi connectivity index (χ2n) is 5.27. The van der Waals surface area contributed by atoms with E-state index in [0.29, 0.717) is 0 Å². The van der Waals surface area contributed by atoms with Crippen molar-refractivity contribution >= 4 is 11.0 Å². The van der Waals surface area contributed by atoms with E-state index >= 15 is 0 Å². The van der Waals surface area contributed by atoms with Crippen molar-refractivity contribution in [3.05, 3.63) is 36.1 Å². The number of benzene rings is 1. The van der Waals surface area contributed by atoms with Gasteiger partial charge in [-0.3, -0.25) is 0 Å². The van der Waals surface area contributed by atoms with E-state index in [1.165, 1.54) is 0 Å². The molecular formula is C15H22N2O. The number of fused-ring (bicyclic) bond motifs is 1. The third kappa shape index (κ3) is 2.04. The van der Waals surface area contributed by atoms with Crippen LogP contribution in [0.3, 0.4) is 0 Å². The number of nitrogens with zero attached hydrogens (tertiary/aromatic N) is 1. The van der Waals surface area contributed by atoms with E-state index < -0.39 is 0 Å². The zero-order valence-corrected chi connectivity index (χ0v) is 11.6. The van der Waals surface area contributed by atoms with Gasteiger partial charge in [0.1, 0.15) is 11.3 Å². The van der Waals surface area contributed by atoms with E-state index in [4.69, 9.17) is 10.2 Å². The smallest absolute Gasteiger partial charge is 0.134 e. The lowest BCUT2D eigenvalue weighted by Crippen LogP contribution is -2.49. The molecule has 2 unspecified atom stereocenters. The Balaban J connectivity index is 2.41. The van der Waals surface area contributed by atoms with E-state index in [0.717, 1.165) is 23.2 Å². The van der Waals surface area contributed by atoms with E-state index in [-0.39, 0.29) is 11.6 Å². The van der Waals surface area contributed by atoms with Gasteiger partial charge in [0.25, 0.3) is 0 Å². The molecule has 1 aromatic heterocycles. The molecule has 2 aromatic rings. The topological polar surface area (TPSA) is 42.4 Å². The summed E-state index contributed by atoms with van der Waals surface area (Å²) in [5.41, 5.74) is 7.21. The molecule has 0 aliphatic rings. The van der Waals surface area contributed by atoms with Crippen LogP contribution in [0, 0.1) is 0 Å². The standard InChI is InChI=1S/C15H22N2O/c1-5-15(2,17(3)4)14(16)13-10-11-8-6-7-9-12(11)18-13/h6-10,14H,5,16H2,1-4H3. The first-order valence-corrected chi connectivity index (χ1v) is 6.40. The quantitative estimate of drug-likeness (QED) is 0.901. The lowest BCUT2D eigenvalue weighted by molar-refractivity contribution is 0.122. The molecule has 2 rings (SSSR count). The molecule has 0 bridgehead atoms. The van der Waals surface area contributed by atoms with Crippen LogP contribution in [-0.4, -0.2) is 24.5 Å². The van der Waals surface area contributed by atoms with Crippen LogP contribution in [0.15, 0.2) is 34.7 Å². The predicted octanol–water partition coefficient (Wildman–Crippen LogP) is 3.16. The van der Waals surface area contributed by atoms with Gasteiger partial charge in [-0.2, -0.15) is 0 Å². The number of furan rings is 1. The summed E-state index contributed by atoms with van der Waals surface area (Å²) < 4.78 is 5.88. The summed E-state index contributed by atoms with van der Waals surface area (Å²) in [6, 6.07) is 9.94. The summed E-state index contributed by atoms with van der Waals surface area (Å²) in [6.45, 7) is 4.33. The molecule has 0 fully saturated rings. The first-order valence-electron chi connectivity index (χ1n) is 6.40. The van der Waals surface area contributed by atoms with Crippen LogP contribution in [0.25, 0.3) is 11.0 Å². The van der Waals surface area contributed by atoms with Gasteiger partial charge in [0.05, 0.1) is 6.04 Å². The summed E-state index contributed by atoms with van der Waals surface area (Å²) in [5, 5.41) is 1.11. The molecule has 0 amide bonds. The summed E-state index contributed by atoms with van der Waals surface area (Å²) in [5.74, 6) is 0.856. The van der Waals surface area contributed by atoms with Crippen LogP contribution in [-0.2, 0) is 0 Å².